The Morgan fingerprint density at radius 3 is 2.11 bits per heavy atom. The number of aliphatic hydroxyl groups is 5. The van der Waals surface area contributed by atoms with Crippen molar-refractivity contribution in [1.29, 1.82) is 0 Å². The lowest BCUT2D eigenvalue weighted by Crippen LogP contribution is -2.63. The van der Waals surface area contributed by atoms with Crippen LogP contribution in [0.5, 0.6) is 46.0 Å². The number of methoxy groups -OCH3 is 3. The van der Waals surface area contributed by atoms with Crippen LogP contribution in [0, 0.1) is 11.8 Å². The normalized spacial score (nSPS) is 33.3. The average molecular weight is 1130 g/mol. The largest absolute Gasteiger partial charge is 0.507 e. The van der Waals surface area contributed by atoms with Gasteiger partial charge in [0.15, 0.2) is 53.4 Å². The highest BCUT2D eigenvalue weighted by atomic mass is 16.8. The number of hydrogen-bond acceptors (Lipinski definition) is 25. The number of benzene rings is 4. The quantitative estimate of drug-likeness (QED) is 0.0704. The molecule has 5 aliphatic heterocycles. The first-order valence-electron chi connectivity index (χ1n) is 26.2. The molecule has 4 fully saturated rings. The number of fused-ring (bicyclic) bond motifs is 7. The van der Waals surface area contributed by atoms with Crippen molar-refractivity contribution in [3.05, 3.63) is 92.5 Å². The van der Waals surface area contributed by atoms with E-state index in [0.29, 0.717) is 28.2 Å². The molecule has 5 heterocycles. The molecule has 8 aliphatic rings. The third-order valence-electron chi connectivity index (χ3n) is 16.6. The number of cyclic esters (lactones) is 1. The summed E-state index contributed by atoms with van der Waals surface area (Å²) >= 11 is 0. The molecule has 4 aromatic rings. The highest BCUT2D eigenvalue weighted by Crippen LogP contribution is 2.58. The molecule has 4 saturated heterocycles. The minimum absolute atomic E-state index is 0.0173. The van der Waals surface area contributed by atoms with Gasteiger partial charge >= 0.3 is 5.97 Å². The number of hydrogen-bond donors (Lipinski definition) is 9. The van der Waals surface area contributed by atoms with Gasteiger partial charge in [-0.2, -0.15) is 0 Å². The van der Waals surface area contributed by atoms with E-state index in [9.17, 15) is 60.0 Å². The van der Waals surface area contributed by atoms with Gasteiger partial charge in [-0.25, -0.2) is 0 Å². The Morgan fingerprint density at radius 1 is 0.765 bits per heavy atom. The number of phenolic OH excluding ortho intramolecular Hbond substituents is 3. The third kappa shape index (κ3) is 9.38. The van der Waals surface area contributed by atoms with Gasteiger partial charge in [-0.15, -0.1) is 0 Å². The molecule has 25 heteroatoms. The van der Waals surface area contributed by atoms with Gasteiger partial charge in [0.2, 0.25) is 18.3 Å². The van der Waals surface area contributed by atoms with Gasteiger partial charge in [0.1, 0.15) is 53.9 Å². The van der Waals surface area contributed by atoms with Gasteiger partial charge in [0.25, 0.3) is 0 Å². The summed E-state index contributed by atoms with van der Waals surface area (Å²) in [7, 11) is 4.18. The Morgan fingerprint density at radius 2 is 1.44 bits per heavy atom. The molecule has 16 atom stereocenters. The molecule has 4 aromatic carbocycles. The lowest BCUT2D eigenvalue weighted by atomic mass is 9.66. The highest BCUT2D eigenvalue weighted by molar-refractivity contribution is 6.31. The maximum absolute atomic E-state index is 13.6. The number of aromatic hydroxyl groups is 3. The molecule has 25 nitrogen and oxygen atoms in total. The Balaban J connectivity index is 0.000000171. The van der Waals surface area contributed by atoms with Gasteiger partial charge in [-0.3, -0.25) is 19.2 Å². The van der Waals surface area contributed by atoms with Crippen LogP contribution in [-0.2, 0) is 49.2 Å². The van der Waals surface area contributed by atoms with Gasteiger partial charge in [-0.1, -0.05) is 12.1 Å². The van der Waals surface area contributed by atoms with Crippen LogP contribution in [0.25, 0.3) is 0 Å². The third-order valence-corrected chi connectivity index (χ3v) is 16.6. The van der Waals surface area contributed by atoms with Crippen molar-refractivity contribution in [2.45, 2.75) is 118 Å². The van der Waals surface area contributed by atoms with Gasteiger partial charge in [0, 0.05) is 53.8 Å². The number of ketones is 3. The summed E-state index contributed by atoms with van der Waals surface area (Å²) in [6, 6.07) is 10.6. The summed E-state index contributed by atoms with van der Waals surface area (Å²) < 4.78 is 68.5. The van der Waals surface area contributed by atoms with Crippen LogP contribution in [0.15, 0.2) is 42.5 Å². The maximum Gasteiger partial charge on any atom is 0.310 e. The van der Waals surface area contributed by atoms with Crippen molar-refractivity contribution in [1.82, 2.24) is 0 Å². The number of nitrogens with two attached hydrogens (primary N) is 1. The van der Waals surface area contributed by atoms with E-state index in [4.69, 9.17) is 62.6 Å². The number of Topliss-reactive ketones (excluding diaryl/α,β-unsaturated/α-hetero) is 1. The minimum atomic E-state index is -2.24. The number of carbonyl (C=O) groups excluding carboxylic acids is 4. The molecular weight excluding hydrogens is 1070 g/mol. The molecule has 0 bridgehead atoms. The van der Waals surface area contributed by atoms with Crippen LogP contribution < -0.4 is 29.4 Å². The zero-order valence-corrected chi connectivity index (χ0v) is 44.3. The van der Waals surface area contributed by atoms with Gasteiger partial charge in [0.05, 0.1) is 81.6 Å². The van der Waals surface area contributed by atoms with E-state index in [0.717, 1.165) is 0 Å². The monoisotopic (exact) mass is 1130 g/mol. The number of aliphatic hydroxyl groups excluding tert-OH is 4. The second-order valence-corrected chi connectivity index (χ2v) is 21.1. The molecule has 10 N–H and O–H groups in total. The summed E-state index contributed by atoms with van der Waals surface area (Å²) in [6.45, 7) is 2.49. The fourth-order valence-corrected chi connectivity index (χ4v) is 12.5. The van der Waals surface area contributed by atoms with E-state index in [1.165, 1.54) is 39.5 Å². The van der Waals surface area contributed by atoms with Crippen molar-refractivity contribution in [2.75, 3.05) is 47.9 Å². The average Bonchev–Trinajstić information content (AvgIpc) is 4.24. The Bertz CT molecular complexity index is 3150. The zero-order chi connectivity index (χ0) is 57.7. The second-order valence-electron chi connectivity index (χ2n) is 21.1. The zero-order valence-electron chi connectivity index (χ0n) is 44.3. The van der Waals surface area contributed by atoms with Crippen LogP contribution in [0.4, 0.5) is 0 Å². The molecule has 0 saturated carbocycles. The Labute approximate surface area is 461 Å². The number of esters is 1. The molecular formula is C56H61NO24. The highest BCUT2D eigenvalue weighted by Gasteiger charge is 2.57. The predicted molar refractivity (Wildman–Crippen MR) is 270 cm³/mol. The molecule has 0 radical (unpaired) electrons. The van der Waals surface area contributed by atoms with E-state index in [-0.39, 0.29) is 71.7 Å². The molecule has 434 valence electrons. The molecule has 2 unspecified atom stereocenters. The minimum Gasteiger partial charge on any atom is -0.507 e. The van der Waals surface area contributed by atoms with Crippen molar-refractivity contribution in [3.63, 3.8) is 0 Å². The number of ether oxygens (including phenoxy) is 12. The van der Waals surface area contributed by atoms with E-state index in [1.807, 2.05) is 0 Å². The summed E-state index contributed by atoms with van der Waals surface area (Å²) in [5, 5.41) is 86.2. The molecule has 12 rings (SSSR count). The summed E-state index contributed by atoms with van der Waals surface area (Å²) in [5.41, 5.74) is 4.39. The maximum atomic E-state index is 13.6. The summed E-state index contributed by atoms with van der Waals surface area (Å²) in [5.74, 6) is -4.80. The fraction of sp³-hybridized carbons (Fsp3) is 0.500. The van der Waals surface area contributed by atoms with Crippen LogP contribution >= 0.6 is 0 Å². The SMILES string of the molecule is COc1cc([C@@H]2c3cc4c(cc3C(O[C@@H]3O[C@@H]5CO[C@@H](C)O[C@H]5[C@H](O)[C@H]3O)C3COC(=O)[C@@H]32)OCO4)cc(OC)c1O.COc1cccc2c1C(=O)c1c(O)c3c(c(O)c1C2=O)C[C@@](O)(C(=O)CO)C[C@@H]3O[C@H]1C[C@H](N)[C@H](O)[C@H](C)O1. The number of rotatable bonds is 10. The standard InChI is InChI=1S/C29H32O13.C27H29NO11/c1-11-36-9-20-27(40-11)24(31)25(32)29(41-20)42-26-14-7-17-16(38-10-39-17)6-13(14)21(22-15(26)8-37-28(22)33)12-4-18(34-2)23(30)19(5-12)35-3;1-10-22(31)13(28)6-17(38-10)39-15-8-27(36,16(30)9-29)7-12-19(15)26(35)21-20(24(12)33)23(32)11-4-3-5-14(37-2)18(11)25(21)34/h4-7,11,15,20-22,24-27,29-32H,8-10H2,1-3H3;3-5,10,13,15,17,22,29,31,33,35-36H,6-9,28H2,1-2H3/t11-,15?,20-,21-,22+,24-,25-,26?,27-,29+;10-,13-,15-,17-,22+,27-/m10/s1. The van der Waals surface area contributed by atoms with E-state index in [2.05, 4.69) is 0 Å². The van der Waals surface area contributed by atoms with Gasteiger partial charge in [-0.05, 0) is 60.9 Å². The second kappa shape index (κ2) is 21.6. The molecule has 0 aromatic heterocycles. The Kier molecular flexibility index (Phi) is 14.9. The summed E-state index contributed by atoms with van der Waals surface area (Å²) in [6.07, 6.45) is -11.9. The van der Waals surface area contributed by atoms with Crippen LogP contribution in [0.2, 0.25) is 0 Å². The van der Waals surface area contributed by atoms with Crippen LogP contribution in [0.3, 0.4) is 0 Å². The Hall–Kier alpha value is -6.72. The lowest BCUT2D eigenvalue weighted by molar-refractivity contribution is -0.364. The van der Waals surface area contributed by atoms with Crippen molar-refractivity contribution < 1.29 is 117 Å². The van der Waals surface area contributed by atoms with Crippen molar-refractivity contribution in [2.24, 2.45) is 17.6 Å². The summed E-state index contributed by atoms with van der Waals surface area (Å²) in [4.78, 5) is 53.1. The number of phenols is 3. The molecule has 0 spiro atoms. The lowest BCUT2D eigenvalue weighted by Gasteiger charge is -2.47. The first-order chi connectivity index (χ1) is 38.7. The van der Waals surface area contributed by atoms with E-state index in [1.54, 1.807) is 38.1 Å². The first-order valence-corrected chi connectivity index (χ1v) is 26.2. The first kappa shape index (κ1) is 56.2. The van der Waals surface area contributed by atoms with Crippen LogP contribution in [0.1, 0.15) is 104 Å². The van der Waals surface area contributed by atoms with Gasteiger partial charge < -0.3 is 103 Å². The molecule has 81 heavy (non-hydrogen) atoms. The number of carbonyl (C=O) groups is 4. The van der Waals surface area contributed by atoms with E-state index >= 15 is 0 Å². The predicted octanol–water partition coefficient (Wildman–Crippen LogP) is 1.34. The smallest absolute Gasteiger partial charge is 0.310 e. The van der Waals surface area contributed by atoms with E-state index < -0.39 is 162 Å². The topological polar surface area (TPSA) is 367 Å². The van der Waals surface area contributed by atoms with Crippen molar-refractivity contribution >= 4 is 23.3 Å². The fourth-order valence-electron chi connectivity index (χ4n) is 12.5. The molecule has 0 amide bonds. The molecule has 3 aliphatic carbocycles. The van der Waals surface area contributed by atoms with Crippen molar-refractivity contribution in [3.8, 4) is 46.0 Å². The van der Waals surface area contributed by atoms with Crippen LogP contribution in [-0.4, -0.2) is 179 Å².